The highest BCUT2D eigenvalue weighted by Gasteiger charge is 2.17. The van der Waals surface area contributed by atoms with Gasteiger partial charge in [0.2, 0.25) is 5.91 Å². The highest BCUT2D eigenvalue weighted by Crippen LogP contribution is 2.19. The fourth-order valence-corrected chi connectivity index (χ4v) is 3.00. The third-order valence-corrected chi connectivity index (χ3v) is 4.59. The van der Waals surface area contributed by atoms with Crippen LogP contribution < -0.4 is 20.3 Å². The number of anilines is 2. The molecule has 1 amide bonds. The largest absolute Gasteiger partial charge is 0.497 e. The molecule has 30 heavy (non-hydrogen) atoms. The number of benzene rings is 1. The van der Waals surface area contributed by atoms with Gasteiger partial charge < -0.3 is 29.9 Å². The molecular weight excluding hydrogens is 386 g/mol. The van der Waals surface area contributed by atoms with Crippen molar-refractivity contribution >= 4 is 28.6 Å². The lowest BCUT2D eigenvalue weighted by molar-refractivity contribution is -0.122. The summed E-state index contributed by atoms with van der Waals surface area (Å²) in [7, 11) is 5.36. The van der Waals surface area contributed by atoms with E-state index in [0.717, 1.165) is 11.4 Å². The van der Waals surface area contributed by atoms with E-state index in [9.17, 15) is 9.90 Å². The Morgan fingerprint density at radius 1 is 1.23 bits per heavy atom. The predicted molar refractivity (Wildman–Crippen MR) is 115 cm³/mol. The van der Waals surface area contributed by atoms with E-state index in [1.807, 2.05) is 43.3 Å². The van der Waals surface area contributed by atoms with Crippen LogP contribution in [0.2, 0.25) is 0 Å². The molecular formula is C20H27N7O3. The first-order valence-electron chi connectivity index (χ1n) is 9.58. The monoisotopic (exact) mass is 413 g/mol. The zero-order valence-corrected chi connectivity index (χ0v) is 17.5. The van der Waals surface area contributed by atoms with Gasteiger partial charge in [0.15, 0.2) is 17.0 Å². The molecule has 0 spiro atoms. The summed E-state index contributed by atoms with van der Waals surface area (Å²) >= 11 is 0. The maximum absolute atomic E-state index is 12.4. The number of carbonyl (C=O) groups excluding carboxylic acids is 1. The van der Waals surface area contributed by atoms with Crippen LogP contribution in [0.15, 0.2) is 36.9 Å². The summed E-state index contributed by atoms with van der Waals surface area (Å²) in [6, 6.07) is 6.85. The Bertz CT molecular complexity index is 988. The lowest BCUT2D eigenvalue weighted by atomic mass is 10.2. The van der Waals surface area contributed by atoms with Crippen LogP contribution in [0.1, 0.15) is 6.92 Å². The molecule has 1 aromatic carbocycles. The lowest BCUT2D eigenvalue weighted by Crippen LogP contribution is -2.42. The third-order valence-electron chi connectivity index (χ3n) is 4.59. The van der Waals surface area contributed by atoms with Gasteiger partial charge in [-0.05, 0) is 31.2 Å². The molecule has 3 N–H and O–H groups in total. The van der Waals surface area contributed by atoms with Crippen LogP contribution in [0.25, 0.3) is 11.2 Å². The normalized spacial score (nSPS) is 13.0. The van der Waals surface area contributed by atoms with E-state index in [-0.39, 0.29) is 19.0 Å². The Morgan fingerprint density at radius 2 is 1.97 bits per heavy atom. The zero-order valence-electron chi connectivity index (χ0n) is 17.5. The second kappa shape index (κ2) is 9.40. The number of imidazole rings is 1. The van der Waals surface area contributed by atoms with Gasteiger partial charge in [-0.15, -0.1) is 0 Å². The van der Waals surface area contributed by atoms with Crippen molar-refractivity contribution in [2.45, 2.75) is 25.6 Å². The van der Waals surface area contributed by atoms with E-state index in [0.29, 0.717) is 17.0 Å². The van der Waals surface area contributed by atoms with Gasteiger partial charge in [0.05, 0.1) is 26.1 Å². The van der Waals surface area contributed by atoms with Gasteiger partial charge in [-0.25, -0.2) is 15.0 Å². The summed E-state index contributed by atoms with van der Waals surface area (Å²) in [5.74, 6) is 1.24. The van der Waals surface area contributed by atoms with E-state index in [1.54, 1.807) is 24.9 Å². The minimum absolute atomic E-state index is 0.110. The standard InChI is InChI=1S/C20H27N7O3/c1-13(25-14-5-7-16(30-4)8-6-14)20(29)21-9-15(28)10-27-12-24-17-18(26(2)3)22-11-23-19(17)27/h5-8,11-13,15,25,28H,9-10H2,1-4H3,(H,21,29)/t13-,15?/m0/s1. The minimum Gasteiger partial charge on any atom is -0.497 e. The predicted octanol–water partition coefficient (Wildman–Crippen LogP) is 0.879. The zero-order chi connectivity index (χ0) is 21.7. The van der Waals surface area contributed by atoms with Gasteiger partial charge in [-0.3, -0.25) is 4.79 Å². The van der Waals surface area contributed by atoms with Crippen molar-refractivity contribution in [3.63, 3.8) is 0 Å². The lowest BCUT2D eigenvalue weighted by Gasteiger charge is -2.18. The summed E-state index contributed by atoms with van der Waals surface area (Å²) < 4.78 is 6.87. The third kappa shape index (κ3) is 4.95. The molecule has 0 saturated heterocycles. The Kier molecular flexibility index (Phi) is 6.68. The molecule has 2 atom stereocenters. The van der Waals surface area contributed by atoms with E-state index in [2.05, 4.69) is 25.6 Å². The number of aliphatic hydroxyl groups excluding tert-OH is 1. The number of aliphatic hydroxyl groups is 1. The van der Waals surface area contributed by atoms with Crippen molar-refractivity contribution in [1.29, 1.82) is 0 Å². The van der Waals surface area contributed by atoms with Crippen LogP contribution in [0.4, 0.5) is 11.5 Å². The molecule has 0 aliphatic carbocycles. The molecule has 0 radical (unpaired) electrons. The van der Waals surface area contributed by atoms with Gasteiger partial charge in [-0.1, -0.05) is 0 Å². The number of methoxy groups -OCH3 is 1. The van der Waals surface area contributed by atoms with Crippen molar-refractivity contribution in [3.05, 3.63) is 36.9 Å². The first kappa shape index (κ1) is 21.3. The van der Waals surface area contributed by atoms with Crippen molar-refractivity contribution < 1.29 is 14.6 Å². The molecule has 3 rings (SSSR count). The number of aromatic nitrogens is 4. The number of ether oxygens (including phenoxy) is 1. The fourth-order valence-electron chi connectivity index (χ4n) is 3.00. The number of amides is 1. The van der Waals surface area contributed by atoms with E-state index < -0.39 is 12.1 Å². The second-order valence-corrected chi connectivity index (χ2v) is 7.15. The Hall–Kier alpha value is -3.40. The summed E-state index contributed by atoms with van der Waals surface area (Å²) in [6.45, 7) is 2.12. The summed E-state index contributed by atoms with van der Waals surface area (Å²) in [5, 5.41) is 16.3. The van der Waals surface area contributed by atoms with Crippen molar-refractivity contribution in [3.8, 4) is 5.75 Å². The number of nitrogens with zero attached hydrogens (tertiary/aromatic N) is 5. The molecule has 1 unspecified atom stereocenters. The van der Waals surface area contributed by atoms with Crippen LogP contribution in [0.3, 0.4) is 0 Å². The molecule has 2 heterocycles. The number of fused-ring (bicyclic) bond motifs is 1. The highest BCUT2D eigenvalue weighted by atomic mass is 16.5. The Labute approximate surface area is 174 Å². The van der Waals surface area contributed by atoms with Crippen LogP contribution in [-0.2, 0) is 11.3 Å². The molecule has 0 bridgehead atoms. The molecule has 0 aliphatic heterocycles. The number of hydrogen-bond acceptors (Lipinski definition) is 8. The number of carbonyl (C=O) groups is 1. The number of rotatable bonds is 9. The topological polar surface area (TPSA) is 117 Å². The fraction of sp³-hybridized carbons (Fsp3) is 0.400. The summed E-state index contributed by atoms with van der Waals surface area (Å²) in [4.78, 5) is 27.1. The van der Waals surface area contributed by atoms with Gasteiger partial charge in [0.25, 0.3) is 0 Å². The van der Waals surface area contributed by atoms with Gasteiger partial charge >= 0.3 is 0 Å². The molecule has 0 fully saturated rings. The maximum atomic E-state index is 12.4. The Balaban J connectivity index is 1.53. The van der Waals surface area contributed by atoms with Crippen molar-refractivity contribution in [2.24, 2.45) is 0 Å². The average molecular weight is 413 g/mol. The average Bonchev–Trinajstić information content (AvgIpc) is 3.15. The first-order valence-corrected chi connectivity index (χ1v) is 9.58. The van der Waals surface area contributed by atoms with Gasteiger partial charge in [0, 0.05) is 26.3 Å². The smallest absolute Gasteiger partial charge is 0.242 e. The molecule has 0 saturated carbocycles. The molecule has 3 aromatic rings. The van der Waals surface area contributed by atoms with E-state index in [4.69, 9.17) is 4.74 Å². The van der Waals surface area contributed by atoms with Crippen LogP contribution in [0, 0.1) is 0 Å². The highest BCUT2D eigenvalue weighted by molar-refractivity contribution is 5.84. The van der Waals surface area contributed by atoms with Gasteiger partial charge in [-0.2, -0.15) is 0 Å². The van der Waals surface area contributed by atoms with E-state index >= 15 is 0 Å². The SMILES string of the molecule is COc1ccc(N[C@@H](C)C(=O)NCC(O)Cn2cnc3c(N(C)C)ncnc32)cc1. The molecule has 10 heteroatoms. The summed E-state index contributed by atoms with van der Waals surface area (Å²) in [5.41, 5.74) is 2.10. The molecule has 160 valence electrons. The number of nitrogens with one attached hydrogen (secondary N) is 2. The Morgan fingerprint density at radius 3 is 2.63 bits per heavy atom. The van der Waals surface area contributed by atoms with E-state index in [1.165, 1.54) is 6.33 Å². The first-order chi connectivity index (χ1) is 14.4. The molecule has 2 aromatic heterocycles. The summed E-state index contributed by atoms with van der Waals surface area (Å²) in [6.07, 6.45) is 2.29. The quantitative estimate of drug-likeness (QED) is 0.473. The van der Waals surface area contributed by atoms with Crippen LogP contribution >= 0.6 is 0 Å². The van der Waals surface area contributed by atoms with Gasteiger partial charge in [0.1, 0.15) is 18.1 Å². The molecule has 0 aliphatic rings. The van der Waals surface area contributed by atoms with Crippen LogP contribution in [0.5, 0.6) is 5.75 Å². The van der Waals surface area contributed by atoms with Crippen molar-refractivity contribution in [2.75, 3.05) is 38.0 Å². The minimum atomic E-state index is -0.794. The van der Waals surface area contributed by atoms with Crippen molar-refractivity contribution in [1.82, 2.24) is 24.8 Å². The second-order valence-electron chi connectivity index (χ2n) is 7.15. The maximum Gasteiger partial charge on any atom is 0.242 e. The van der Waals surface area contributed by atoms with Crippen LogP contribution in [-0.4, -0.2) is 70.4 Å². The molecule has 10 nitrogen and oxygen atoms in total. The number of hydrogen-bond donors (Lipinski definition) is 3.